The lowest BCUT2D eigenvalue weighted by atomic mass is 9.95. The van der Waals surface area contributed by atoms with Crippen LogP contribution in [0.5, 0.6) is 11.5 Å². The van der Waals surface area contributed by atoms with Crippen LogP contribution in [0.25, 0.3) is 0 Å². The van der Waals surface area contributed by atoms with E-state index in [1.165, 1.54) is 5.56 Å². The second-order valence-electron chi connectivity index (χ2n) is 5.40. The smallest absolute Gasteiger partial charge is 0.231 e. The summed E-state index contributed by atoms with van der Waals surface area (Å²) in [4.78, 5) is 0. The van der Waals surface area contributed by atoms with Crippen molar-refractivity contribution in [1.29, 1.82) is 0 Å². The van der Waals surface area contributed by atoms with E-state index >= 15 is 0 Å². The molecule has 17 heavy (non-hydrogen) atoms. The van der Waals surface area contributed by atoms with Crippen LogP contribution in [-0.2, 0) is 6.42 Å². The Morgan fingerprint density at radius 3 is 2.82 bits per heavy atom. The zero-order valence-corrected chi connectivity index (χ0v) is 10.1. The van der Waals surface area contributed by atoms with Crippen molar-refractivity contribution >= 4 is 0 Å². The first-order valence-corrected chi connectivity index (χ1v) is 6.24. The molecule has 1 fully saturated rings. The second kappa shape index (κ2) is 3.91. The van der Waals surface area contributed by atoms with Gasteiger partial charge in [-0.3, -0.25) is 0 Å². The highest BCUT2D eigenvalue weighted by Gasteiger charge is 2.43. The van der Waals surface area contributed by atoms with E-state index in [9.17, 15) is 5.11 Å². The van der Waals surface area contributed by atoms with Crippen molar-refractivity contribution in [3.8, 4) is 11.5 Å². The van der Waals surface area contributed by atoms with Gasteiger partial charge in [0.1, 0.15) is 0 Å². The average Bonchev–Trinajstić information content (AvgIpc) is 2.93. The van der Waals surface area contributed by atoms with Gasteiger partial charge in [-0.25, -0.2) is 0 Å². The van der Waals surface area contributed by atoms with Crippen LogP contribution < -0.4 is 9.47 Å². The Bertz CT molecular complexity index is 423. The average molecular weight is 234 g/mol. The molecule has 3 heteroatoms. The number of benzene rings is 1. The molecule has 1 aromatic rings. The summed E-state index contributed by atoms with van der Waals surface area (Å²) >= 11 is 0. The fraction of sp³-hybridized carbons (Fsp3) is 0.571. The van der Waals surface area contributed by atoms with Crippen molar-refractivity contribution in [3.05, 3.63) is 23.8 Å². The summed E-state index contributed by atoms with van der Waals surface area (Å²) in [6.45, 7) is 2.48. The largest absolute Gasteiger partial charge is 0.454 e. The van der Waals surface area contributed by atoms with Gasteiger partial charge in [-0.15, -0.1) is 0 Å². The van der Waals surface area contributed by atoms with Crippen molar-refractivity contribution < 1.29 is 14.6 Å². The quantitative estimate of drug-likeness (QED) is 0.870. The molecule has 0 unspecified atom stereocenters. The van der Waals surface area contributed by atoms with Gasteiger partial charge >= 0.3 is 0 Å². The first-order chi connectivity index (χ1) is 8.17. The SMILES string of the molecule is CC1([C@@H](O)CCc2ccc3c(c2)OCO3)CC1. The molecule has 0 saturated heterocycles. The third-order valence-electron chi connectivity index (χ3n) is 3.99. The monoisotopic (exact) mass is 234 g/mol. The summed E-state index contributed by atoms with van der Waals surface area (Å²) < 4.78 is 10.6. The topological polar surface area (TPSA) is 38.7 Å². The zero-order valence-electron chi connectivity index (χ0n) is 10.1. The van der Waals surface area contributed by atoms with Crippen molar-refractivity contribution in [1.82, 2.24) is 0 Å². The summed E-state index contributed by atoms with van der Waals surface area (Å²) in [6.07, 6.45) is 3.88. The van der Waals surface area contributed by atoms with E-state index in [1.54, 1.807) is 0 Å². The van der Waals surface area contributed by atoms with Crippen molar-refractivity contribution in [2.45, 2.75) is 38.7 Å². The molecular weight excluding hydrogens is 216 g/mol. The van der Waals surface area contributed by atoms with Crippen LogP contribution in [-0.4, -0.2) is 18.0 Å². The molecule has 0 bridgehead atoms. The van der Waals surface area contributed by atoms with Gasteiger partial charge in [0.25, 0.3) is 0 Å². The molecule has 0 aromatic heterocycles. The van der Waals surface area contributed by atoms with E-state index in [4.69, 9.17) is 9.47 Å². The summed E-state index contributed by atoms with van der Waals surface area (Å²) in [6, 6.07) is 6.02. The Morgan fingerprint density at radius 2 is 2.06 bits per heavy atom. The molecule has 1 aliphatic carbocycles. The van der Waals surface area contributed by atoms with E-state index < -0.39 is 0 Å². The van der Waals surface area contributed by atoms with Gasteiger partial charge in [0, 0.05) is 0 Å². The molecule has 3 nitrogen and oxygen atoms in total. The molecule has 3 rings (SSSR count). The van der Waals surface area contributed by atoms with Crippen LogP contribution in [0.4, 0.5) is 0 Å². The molecule has 1 aromatic carbocycles. The van der Waals surface area contributed by atoms with Gasteiger partial charge in [0.15, 0.2) is 11.5 Å². The van der Waals surface area contributed by atoms with Crippen LogP contribution in [0, 0.1) is 5.41 Å². The molecule has 1 atom stereocenters. The highest BCUT2D eigenvalue weighted by atomic mass is 16.7. The van der Waals surface area contributed by atoms with Crippen LogP contribution in [0.3, 0.4) is 0 Å². The van der Waals surface area contributed by atoms with Gasteiger partial charge in [-0.1, -0.05) is 13.0 Å². The Kier molecular flexibility index (Phi) is 2.51. The lowest BCUT2D eigenvalue weighted by molar-refractivity contribution is 0.0945. The molecule has 1 N–H and O–H groups in total. The number of fused-ring (bicyclic) bond motifs is 1. The third-order valence-corrected chi connectivity index (χ3v) is 3.99. The highest BCUT2D eigenvalue weighted by Crippen LogP contribution is 2.49. The predicted octanol–water partition coefficient (Wildman–Crippen LogP) is 2.51. The van der Waals surface area contributed by atoms with Crippen molar-refractivity contribution in [3.63, 3.8) is 0 Å². The first kappa shape index (κ1) is 10.9. The highest BCUT2D eigenvalue weighted by molar-refractivity contribution is 5.44. The minimum atomic E-state index is -0.173. The molecule has 0 radical (unpaired) electrons. The Balaban J connectivity index is 1.61. The maximum absolute atomic E-state index is 10.0. The lowest BCUT2D eigenvalue weighted by Crippen LogP contribution is -2.19. The number of rotatable bonds is 4. The third kappa shape index (κ3) is 2.12. The maximum Gasteiger partial charge on any atom is 0.231 e. The number of hydrogen-bond donors (Lipinski definition) is 1. The molecule has 1 saturated carbocycles. The standard InChI is InChI=1S/C14H18O3/c1-14(6-7-14)13(15)5-3-10-2-4-11-12(8-10)17-9-16-11/h2,4,8,13,15H,3,5-7,9H2,1H3/t13-/m0/s1. The van der Waals surface area contributed by atoms with Gasteiger partial charge < -0.3 is 14.6 Å². The predicted molar refractivity (Wildman–Crippen MR) is 64.2 cm³/mol. The number of hydrogen-bond acceptors (Lipinski definition) is 3. The number of aliphatic hydroxyl groups is 1. The summed E-state index contributed by atoms with van der Waals surface area (Å²) in [5.74, 6) is 1.65. The number of ether oxygens (including phenoxy) is 2. The van der Waals surface area contributed by atoms with Gasteiger partial charge in [-0.2, -0.15) is 0 Å². The molecule has 2 aliphatic rings. The first-order valence-electron chi connectivity index (χ1n) is 6.24. The molecule has 92 valence electrons. The minimum absolute atomic E-state index is 0.173. The molecule has 1 heterocycles. The number of aliphatic hydroxyl groups excluding tert-OH is 1. The second-order valence-corrected chi connectivity index (χ2v) is 5.40. The van der Waals surface area contributed by atoms with Crippen LogP contribution >= 0.6 is 0 Å². The minimum Gasteiger partial charge on any atom is -0.454 e. The normalized spacial score (nSPS) is 21.3. The fourth-order valence-corrected chi connectivity index (χ4v) is 2.28. The van der Waals surface area contributed by atoms with E-state index in [2.05, 4.69) is 13.0 Å². The van der Waals surface area contributed by atoms with Crippen LogP contribution in [0.1, 0.15) is 31.7 Å². The summed E-state index contributed by atoms with van der Waals surface area (Å²) in [7, 11) is 0. The van der Waals surface area contributed by atoms with E-state index in [-0.39, 0.29) is 11.5 Å². The van der Waals surface area contributed by atoms with Gasteiger partial charge in [-0.05, 0) is 48.8 Å². The summed E-state index contributed by atoms with van der Waals surface area (Å²) in [5.41, 5.74) is 1.40. The van der Waals surface area contributed by atoms with E-state index in [0.29, 0.717) is 6.79 Å². The van der Waals surface area contributed by atoms with Crippen molar-refractivity contribution in [2.24, 2.45) is 5.41 Å². The van der Waals surface area contributed by atoms with Gasteiger partial charge in [0.2, 0.25) is 6.79 Å². The Hall–Kier alpha value is -1.22. The molecule has 0 spiro atoms. The van der Waals surface area contributed by atoms with Gasteiger partial charge in [0.05, 0.1) is 6.10 Å². The Labute approximate surface area is 101 Å². The maximum atomic E-state index is 10.0. The van der Waals surface area contributed by atoms with Crippen molar-refractivity contribution in [2.75, 3.05) is 6.79 Å². The Morgan fingerprint density at radius 1 is 1.29 bits per heavy atom. The van der Waals surface area contributed by atoms with E-state index in [1.807, 2.05) is 12.1 Å². The van der Waals surface area contributed by atoms with E-state index in [0.717, 1.165) is 37.2 Å². The fourth-order valence-electron chi connectivity index (χ4n) is 2.28. The lowest BCUT2D eigenvalue weighted by Gasteiger charge is -2.17. The summed E-state index contributed by atoms with van der Waals surface area (Å²) in [5, 5.41) is 10.0. The molecule has 0 amide bonds. The molecule has 1 aliphatic heterocycles. The zero-order chi connectivity index (χ0) is 11.9. The van der Waals surface area contributed by atoms with Crippen LogP contribution in [0.15, 0.2) is 18.2 Å². The van der Waals surface area contributed by atoms with Crippen LogP contribution in [0.2, 0.25) is 0 Å². The molecular formula is C14H18O3. The number of aryl methyl sites for hydroxylation is 1.